The van der Waals surface area contributed by atoms with Crippen LogP contribution in [-0.2, 0) is 0 Å². The molecule has 21 aromatic rings. The van der Waals surface area contributed by atoms with Gasteiger partial charge in [-0.25, -0.2) is 0 Å². The zero-order chi connectivity index (χ0) is 69.5. The lowest BCUT2D eigenvalue weighted by Crippen LogP contribution is -1.96. The molecule has 0 radical (unpaired) electrons. The fourth-order valence-corrected chi connectivity index (χ4v) is 17.8. The van der Waals surface area contributed by atoms with Gasteiger partial charge in [-0.05, 0) is 193 Å². The van der Waals surface area contributed by atoms with Crippen LogP contribution in [0.25, 0.3) is 210 Å². The van der Waals surface area contributed by atoms with Crippen molar-refractivity contribution < 1.29 is 0 Å². The van der Waals surface area contributed by atoms with Crippen LogP contribution < -0.4 is 0 Å². The van der Waals surface area contributed by atoms with Gasteiger partial charge in [0.15, 0.2) is 0 Å². The molecule has 17 aromatic carbocycles. The number of hydrogen-bond acceptors (Lipinski definition) is 0. The van der Waals surface area contributed by atoms with Crippen molar-refractivity contribution in [3.63, 3.8) is 0 Å². The third kappa shape index (κ3) is 9.21. The Morgan fingerprint density at radius 2 is 0.462 bits per heavy atom. The van der Waals surface area contributed by atoms with E-state index in [1.165, 1.54) is 204 Å². The van der Waals surface area contributed by atoms with Crippen molar-refractivity contribution in [2.24, 2.45) is 0 Å². The van der Waals surface area contributed by atoms with E-state index >= 15 is 0 Å². The van der Waals surface area contributed by atoms with Gasteiger partial charge in [-0.3, -0.25) is 0 Å². The Balaban J connectivity index is 0.000000133. The SMILES string of the molecule is c1ccc(-c2cccc(-n3c4ccccc4c4cc(-c5cc6c7c(c5)c5ccccc5n7-c5ccc(-c7ccccc7)cc5-c5ccccc5-6)ccc43)c2)cc1.c1ccc(-n2c3ccccc3c3cc(-c4cccc(-c5ccc6c(c5)c5cccc7c5n6-c5ccccc5-c5ccccc5-7)c4)ccc32)cc1. The minimum atomic E-state index is 1.16. The molecule has 0 aliphatic carbocycles. The quantitative estimate of drug-likeness (QED) is 0.152. The topological polar surface area (TPSA) is 19.7 Å². The normalized spacial score (nSPS) is 12.0. The van der Waals surface area contributed by atoms with Crippen molar-refractivity contribution in [3.05, 3.63) is 388 Å². The lowest BCUT2D eigenvalue weighted by molar-refractivity contribution is 1.18. The zero-order valence-electron chi connectivity index (χ0n) is 57.7. The van der Waals surface area contributed by atoms with Crippen LogP contribution in [0, 0.1) is 0 Å². The number of para-hydroxylation sites is 6. The summed E-state index contributed by atoms with van der Waals surface area (Å²) in [5.74, 6) is 0. The summed E-state index contributed by atoms with van der Waals surface area (Å²) < 4.78 is 9.78. The van der Waals surface area contributed by atoms with Gasteiger partial charge >= 0.3 is 0 Å². The van der Waals surface area contributed by atoms with Gasteiger partial charge in [0.25, 0.3) is 0 Å². The fourth-order valence-electron chi connectivity index (χ4n) is 17.8. The van der Waals surface area contributed by atoms with Gasteiger partial charge < -0.3 is 18.3 Å². The van der Waals surface area contributed by atoms with Crippen LogP contribution in [0.4, 0.5) is 0 Å². The molecule has 2 aliphatic rings. The molecule has 0 atom stereocenters. The maximum absolute atomic E-state index is 2.51. The first kappa shape index (κ1) is 59.6. The summed E-state index contributed by atoms with van der Waals surface area (Å²) in [5.41, 5.74) is 36.9. The van der Waals surface area contributed by atoms with E-state index in [1.807, 2.05) is 0 Å². The lowest BCUT2D eigenvalue weighted by atomic mass is 9.90. The molecule has 0 saturated heterocycles. The lowest BCUT2D eigenvalue weighted by Gasteiger charge is -2.14. The molecular weight excluding hydrogens is 1280 g/mol. The number of benzene rings is 17. The first-order valence-corrected chi connectivity index (χ1v) is 36.6. The molecule has 0 N–H and O–H groups in total. The molecule has 0 unspecified atom stereocenters. The molecule has 106 heavy (non-hydrogen) atoms. The van der Waals surface area contributed by atoms with E-state index in [4.69, 9.17) is 0 Å². The third-order valence-electron chi connectivity index (χ3n) is 22.5. The van der Waals surface area contributed by atoms with Gasteiger partial charge in [-0.15, -0.1) is 0 Å². The standard InChI is InChI=1S/C54H34N2.C48H30N2/c1-3-14-35(15-4-1)37-18-13-19-41(30-37)55-50-24-11-9-22-44(50)47-32-39(27-28-52(47)55)40-33-48-43-21-8-7-20-42(43)46-31-38(36-16-5-2-6-17-36)26-29-53(46)56-51-25-12-10-23-45(51)49(34-40)54(48)56;1-2-14-35(15-3-1)49-44-22-8-7-19-39(44)42-29-33(24-26-46(42)49)31-12-10-13-32(28-31)34-25-27-47-43(30-34)41-21-11-20-40-37-17-5-4-16-36(37)38-18-6-9-23-45(38)50(47)48(40)41/h1-34H;1-30H. The molecular formula is C102H64N4. The highest BCUT2D eigenvalue weighted by Gasteiger charge is 2.28. The average molecular weight is 1350 g/mol. The number of aromatic nitrogens is 4. The van der Waals surface area contributed by atoms with Gasteiger partial charge in [0.1, 0.15) is 0 Å². The van der Waals surface area contributed by atoms with E-state index < -0.39 is 0 Å². The Bertz CT molecular complexity index is 7180. The summed E-state index contributed by atoms with van der Waals surface area (Å²) >= 11 is 0. The average Bonchev–Trinajstić information content (AvgIpc) is 1.55. The Morgan fingerprint density at radius 1 is 0.132 bits per heavy atom. The van der Waals surface area contributed by atoms with E-state index in [9.17, 15) is 0 Å². The second kappa shape index (κ2) is 23.8. The summed E-state index contributed by atoms with van der Waals surface area (Å²) in [6.45, 7) is 0. The van der Waals surface area contributed by atoms with Crippen LogP contribution in [-0.4, -0.2) is 18.3 Å². The number of fused-ring (bicyclic) bond motifs is 22. The first-order chi connectivity index (χ1) is 52.6. The summed E-state index contributed by atoms with van der Waals surface area (Å²) in [4.78, 5) is 0. The Hall–Kier alpha value is -14.1. The van der Waals surface area contributed by atoms with E-state index in [0.717, 1.165) is 5.69 Å². The van der Waals surface area contributed by atoms with E-state index in [1.54, 1.807) is 0 Å². The van der Waals surface area contributed by atoms with Crippen molar-refractivity contribution in [1.82, 2.24) is 18.3 Å². The second-order valence-corrected chi connectivity index (χ2v) is 28.2. The fraction of sp³-hybridized carbons (Fsp3) is 0. The van der Waals surface area contributed by atoms with Crippen LogP contribution in [0.15, 0.2) is 388 Å². The van der Waals surface area contributed by atoms with Gasteiger partial charge in [-0.1, -0.05) is 273 Å². The Kier molecular flexibility index (Phi) is 13.4. The second-order valence-electron chi connectivity index (χ2n) is 28.2. The van der Waals surface area contributed by atoms with Gasteiger partial charge in [0.2, 0.25) is 0 Å². The molecule has 0 saturated carbocycles. The van der Waals surface area contributed by atoms with Crippen molar-refractivity contribution in [1.29, 1.82) is 0 Å². The first-order valence-electron chi connectivity index (χ1n) is 36.6. The minimum Gasteiger partial charge on any atom is -0.309 e. The minimum absolute atomic E-state index is 1.16. The number of rotatable bonds is 7. The monoisotopic (exact) mass is 1340 g/mol. The molecule has 0 fully saturated rings. The predicted molar refractivity (Wildman–Crippen MR) is 446 cm³/mol. The van der Waals surface area contributed by atoms with Crippen LogP contribution in [0.1, 0.15) is 0 Å². The van der Waals surface area contributed by atoms with Crippen molar-refractivity contribution in [2.45, 2.75) is 0 Å². The van der Waals surface area contributed by atoms with Crippen molar-refractivity contribution in [3.8, 4) is 123 Å². The van der Waals surface area contributed by atoms with Crippen LogP contribution in [0.2, 0.25) is 0 Å². The van der Waals surface area contributed by atoms with Crippen LogP contribution >= 0.6 is 0 Å². The molecule has 0 amide bonds. The molecule has 0 spiro atoms. The molecule has 23 rings (SSSR count). The smallest absolute Gasteiger partial charge is 0.0620 e. The van der Waals surface area contributed by atoms with Crippen molar-refractivity contribution >= 4 is 87.2 Å². The highest BCUT2D eigenvalue weighted by molar-refractivity contribution is 6.20. The van der Waals surface area contributed by atoms with Gasteiger partial charge in [0, 0.05) is 76.7 Å². The zero-order valence-corrected chi connectivity index (χ0v) is 57.7. The Morgan fingerprint density at radius 3 is 1.08 bits per heavy atom. The van der Waals surface area contributed by atoms with E-state index in [-0.39, 0.29) is 0 Å². The molecule has 4 nitrogen and oxygen atoms in total. The molecule has 4 heteroatoms. The summed E-state index contributed by atoms with van der Waals surface area (Å²) in [5, 5.41) is 10.1. The number of hydrogen-bond donors (Lipinski definition) is 0. The number of nitrogens with zero attached hydrogens (tertiary/aromatic N) is 4. The summed E-state index contributed by atoms with van der Waals surface area (Å²) in [7, 11) is 0. The molecule has 6 heterocycles. The molecule has 2 aliphatic heterocycles. The van der Waals surface area contributed by atoms with E-state index in [2.05, 4.69) is 407 Å². The van der Waals surface area contributed by atoms with E-state index in [0.29, 0.717) is 0 Å². The van der Waals surface area contributed by atoms with Crippen LogP contribution in [0.3, 0.4) is 0 Å². The highest BCUT2D eigenvalue weighted by Crippen LogP contribution is 2.51. The highest BCUT2D eigenvalue weighted by atomic mass is 15.0. The maximum Gasteiger partial charge on any atom is 0.0620 e. The van der Waals surface area contributed by atoms with Gasteiger partial charge in [-0.2, -0.15) is 0 Å². The van der Waals surface area contributed by atoms with Crippen LogP contribution in [0.5, 0.6) is 0 Å². The maximum atomic E-state index is 2.51. The van der Waals surface area contributed by atoms with Crippen molar-refractivity contribution in [2.75, 3.05) is 0 Å². The predicted octanol–water partition coefficient (Wildman–Crippen LogP) is 27.4. The summed E-state index contributed by atoms with van der Waals surface area (Å²) in [6, 6.07) is 143. The summed E-state index contributed by atoms with van der Waals surface area (Å²) in [6.07, 6.45) is 0. The largest absolute Gasteiger partial charge is 0.309 e. The van der Waals surface area contributed by atoms with Gasteiger partial charge in [0.05, 0.1) is 55.5 Å². The molecule has 4 aromatic heterocycles. The molecule has 492 valence electrons. The Labute approximate surface area is 612 Å². The molecule has 0 bridgehead atoms. The third-order valence-corrected chi connectivity index (χ3v) is 22.5.